The molecule has 0 unspecified atom stereocenters. The van der Waals surface area contributed by atoms with Crippen molar-refractivity contribution in [1.82, 2.24) is 15.5 Å². The van der Waals surface area contributed by atoms with E-state index >= 15 is 0 Å². The van der Waals surface area contributed by atoms with E-state index in [1.165, 1.54) is 23.1 Å². The van der Waals surface area contributed by atoms with Gasteiger partial charge >= 0.3 is 0 Å². The van der Waals surface area contributed by atoms with Crippen molar-refractivity contribution < 1.29 is 4.39 Å². The first-order chi connectivity index (χ1) is 10.1. The summed E-state index contributed by atoms with van der Waals surface area (Å²) in [5.41, 5.74) is 0.958. The van der Waals surface area contributed by atoms with E-state index in [1.807, 2.05) is 18.4 Å². The smallest absolute Gasteiger partial charge is 0.179 e. The lowest BCUT2D eigenvalue weighted by Gasteiger charge is -2.08. The molecule has 114 valence electrons. The van der Waals surface area contributed by atoms with Gasteiger partial charge in [0.1, 0.15) is 5.82 Å². The maximum Gasteiger partial charge on any atom is 0.179 e. The minimum absolute atomic E-state index is 0.204. The van der Waals surface area contributed by atoms with Crippen LogP contribution in [0.2, 0.25) is 0 Å². The van der Waals surface area contributed by atoms with E-state index in [0.29, 0.717) is 17.4 Å². The Morgan fingerprint density at radius 2 is 2.05 bits per heavy atom. The van der Waals surface area contributed by atoms with Crippen molar-refractivity contribution in [2.75, 3.05) is 12.8 Å². The fraction of sp³-hybridized carbons (Fsp3) is 0.429. The molecule has 21 heavy (non-hydrogen) atoms. The van der Waals surface area contributed by atoms with E-state index in [4.69, 9.17) is 0 Å². The number of nitrogens with zero attached hydrogens (tertiary/aromatic N) is 2. The van der Waals surface area contributed by atoms with Crippen LogP contribution in [0.15, 0.2) is 31.8 Å². The molecule has 0 saturated heterocycles. The molecule has 1 heterocycles. The second-order valence-electron chi connectivity index (χ2n) is 4.93. The van der Waals surface area contributed by atoms with Gasteiger partial charge in [-0.15, -0.1) is 10.2 Å². The maximum atomic E-state index is 14.1. The van der Waals surface area contributed by atoms with Crippen LogP contribution in [-0.2, 0) is 6.54 Å². The molecular weight excluding hydrogens is 325 g/mol. The average Bonchev–Trinajstić information content (AvgIpc) is 2.89. The minimum Gasteiger partial charge on any atom is -0.312 e. The monoisotopic (exact) mass is 343 g/mol. The molecular formula is C14H18FN3S3. The number of hydrogen-bond donors (Lipinski definition) is 1. The Morgan fingerprint density at radius 3 is 2.67 bits per heavy atom. The summed E-state index contributed by atoms with van der Waals surface area (Å²) in [6, 6.07) is 5.36. The molecule has 1 aromatic heterocycles. The van der Waals surface area contributed by atoms with Gasteiger partial charge in [0.2, 0.25) is 0 Å². The van der Waals surface area contributed by atoms with Crippen LogP contribution >= 0.6 is 34.9 Å². The predicted octanol–water partition coefficient (Wildman–Crippen LogP) is 4.30. The van der Waals surface area contributed by atoms with Gasteiger partial charge < -0.3 is 5.32 Å². The SMILES string of the molecule is CSc1nnc(Sc2ccc(CNCC(C)C)cc2F)s1. The highest BCUT2D eigenvalue weighted by Gasteiger charge is 2.10. The van der Waals surface area contributed by atoms with Crippen molar-refractivity contribution in [2.24, 2.45) is 5.92 Å². The Morgan fingerprint density at radius 1 is 1.29 bits per heavy atom. The highest BCUT2D eigenvalue weighted by Crippen LogP contribution is 2.34. The first-order valence-electron chi connectivity index (χ1n) is 6.63. The molecule has 2 rings (SSSR count). The molecule has 0 bridgehead atoms. The van der Waals surface area contributed by atoms with Crippen LogP contribution in [0.4, 0.5) is 4.39 Å². The fourth-order valence-electron chi connectivity index (χ4n) is 1.66. The van der Waals surface area contributed by atoms with Gasteiger partial charge in [-0.2, -0.15) is 0 Å². The van der Waals surface area contributed by atoms with E-state index in [2.05, 4.69) is 29.4 Å². The van der Waals surface area contributed by atoms with E-state index < -0.39 is 0 Å². The zero-order valence-electron chi connectivity index (χ0n) is 12.2. The summed E-state index contributed by atoms with van der Waals surface area (Å²) in [4.78, 5) is 0.589. The van der Waals surface area contributed by atoms with Gasteiger partial charge in [0, 0.05) is 6.54 Å². The summed E-state index contributed by atoms with van der Waals surface area (Å²) >= 11 is 4.35. The first-order valence-corrected chi connectivity index (χ1v) is 9.48. The maximum absolute atomic E-state index is 14.1. The predicted molar refractivity (Wildman–Crippen MR) is 88.8 cm³/mol. The van der Waals surface area contributed by atoms with E-state index in [9.17, 15) is 4.39 Å². The molecule has 0 saturated carbocycles. The van der Waals surface area contributed by atoms with Crippen molar-refractivity contribution in [2.45, 2.75) is 34.0 Å². The van der Waals surface area contributed by atoms with Gasteiger partial charge in [0.25, 0.3) is 0 Å². The quantitative estimate of drug-likeness (QED) is 0.759. The standard InChI is InChI=1S/C14H18FN3S3/c1-9(2)7-16-8-10-4-5-12(11(15)6-10)20-14-18-17-13(19-3)21-14/h4-6,9,16H,7-8H2,1-3H3. The Bertz CT molecular complexity index is 587. The van der Waals surface area contributed by atoms with Crippen LogP contribution in [0.3, 0.4) is 0 Å². The second kappa shape index (κ2) is 8.12. The van der Waals surface area contributed by atoms with Crippen molar-refractivity contribution in [3.8, 4) is 0 Å². The number of thioether (sulfide) groups is 1. The van der Waals surface area contributed by atoms with Gasteiger partial charge in [-0.3, -0.25) is 0 Å². The molecule has 7 heteroatoms. The average molecular weight is 344 g/mol. The third-order valence-corrected chi connectivity index (χ3v) is 5.64. The summed E-state index contributed by atoms with van der Waals surface area (Å²) in [6.07, 6.45) is 1.95. The van der Waals surface area contributed by atoms with Crippen molar-refractivity contribution in [3.63, 3.8) is 0 Å². The van der Waals surface area contributed by atoms with Crippen molar-refractivity contribution >= 4 is 34.9 Å². The molecule has 2 aromatic rings. The number of benzene rings is 1. The van der Waals surface area contributed by atoms with Gasteiger partial charge in [-0.25, -0.2) is 4.39 Å². The van der Waals surface area contributed by atoms with Gasteiger partial charge in [0.15, 0.2) is 8.68 Å². The molecule has 0 amide bonds. The third-order valence-electron chi connectivity index (χ3n) is 2.64. The van der Waals surface area contributed by atoms with E-state index in [1.54, 1.807) is 17.8 Å². The molecule has 0 atom stereocenters. The summed E-state index contributed by atoms with van der Waals surface area (Å²) in [6.45, 7) is 5.92. The molecule has 0 aliphatic rings. The molecule has 1 aromatic carbocycles. The molecule has 1 N–H and O–H groups in total. The largest absolute Gasteiger partial charge is 0.312 e. The minimum atomic E-state index is -0.204. The highest BCUT2D eigenvalue weighted by atomic mass is 32.2. The zero-order chi connectivity index (χ0) is 15.2. The van der Waals surface area contributed by atoms with Crippen LogP contribution in [-0.4, -0.2) is 23.0 Å². The van der Waals surface area contributed by atoms with Crippen LogP contribution in [0.5, 0.6) is 0 Å². The lowest BCUT2D eigenvalue weighted by Crippen LogP contribution is -2.18. The van der Waals surface area contributed by atoms with Crippen LogP contribution in [0.25, 0.3) is 0 Å². The molecule has 0 radical (unpaired) electrons. The number of rotatable bonds is 7. The van der Waals surface area contributed by atoms with Crippen molar-refractivity contribution in [1.29, 1.82) is 0 Å². The summed E-state index contributed by atoms with van der Waals surface area (Å²) in [7, 11) is 0. The normalized spacial score (nSPS) is 11.3. The van der Waals surface area contributed by atoms with E-state index in [-0.39, 0.29) is 5.82 Å². The molecule has 3 nitrogen and oxygen atoms in total. The fourth-order valence-corrected chi connectivity index (χ4v) is 4.06. The molecule has 0 spiro atoms. The number of halogens is 1. The summed E-state index contributed by atoms with van der Waals surface area (Å²) < 4.78 is 15.8. The highest BCUT2D eigenvalue weighted by molar-refractivity contribution is 8.03. The van der Waals surface area contributed by atoms with Gasteiger partial charge in [-0.05, 0) is 36.4 Å². The topological polar surface area (TPSA) is 37.8 Å². The first kappa shape index (κ1) is 16.7. The molecule has 0 aliphatic heterocycles. The Hall–Kier alpha value is -0.630. The van der Waals surface area contributed by atoms with Crippen LogP contribution < -0.4 is 5.32 Å². The number of aromatic nitrogens is 2. The Kier molecular flexibility index (Phi) is 6.47. The van der Waals surface area contributed by atoms with Crippen LogP contribution in [0.1, 0.15) is 19.4 Å². The third kappa shape index (κ3) is 5.25. The molecule has 0 aliphatic carbocycles. The van der Waals surface area contributed by atoms with Crippen molar-refractivity contribution in [3.05, 3.63) is 29.6 Å². The lowest BCUT2D eigenvalue weighted by molar-refractivity contribution is 0.548. The number of nitrogens with one attached hydrogen (secondary N) is 1. The van der Waals surface area contributed by atoms with Gasteiger partial charge in [0.05, 0.1) is 4.90 Å². The summed E-state index contributed by atoms with van der Waals surface area (Å²) in [5.74, 6) is 0.387. The molecule has 0 fully saturated rings. The van der Waals surface area contributed by atoms with Gasteiger partial charge in [-0.1, -0.05) is 54.8 Å². The summed E-state index contributed by atoms with van der Waals surface area (Å²) in [5, 5.41) is 11.4. The van der Waals surface area contributed by atoms with E-state index in [0.717, 1.165) is 20.8 Å². The Balaban J connectivity index is 1.98. The lowest BCUT2D eigenvalue weighted by atomic mass is 10.2. The second-order valence-corrected chi connectivity index (χ2v) is 8.25. The number of hydrogen-bond acceptors (Lipinski definition) is 6. The zero-order valence-corrected chi connectivity index (χ0v) is 14.7. The Labute approximate surface area is 137 Å². The van der Waals surface area contributed by atoms with Crippen LogP contribution in [0, 0.1) is 11.7 Å².